The van der Waals surface area contributed by atoms with Gasteiger partial charge >= 0.3 is 0 Å². The predicted molar refractivity (Wildman–Crippen MR) is 111 cm³/mol. The van der Waals surface area contributed by atoms with Gasteiger partial charge in [0.25, 0.3) is 5.56 Å². The molecule has 5 nitrogen and oxygen atoms in total. The maximum absolute atomic E-state index is 13.0. The lowest BCUT2D eigenvalue weighted by Gasteiger charge is -2.19. The molecule has 0 spiro atoms. The van der Waals surface area contributed by atoms with E-state index in [1.54, 1.807) is 12.3 Å². The van der Waals surface area contributed by atoms with Gasteiger partial charge in [0.15, 0.2) is 0 Å². The van der Waals surface area contributed by atoms with Gasteiger partial charge in [-0.1, -0.05) is 23.7 Å². The van der Waals surface area contributed by atoms with Crippen LogP contribution in [0.2, 0.25) is 5.02 Å². The summed E-state index contributed by atoms with van der Waals surface area (Å²) in [4.78, 5) is 27.5. The summed E-state index contributed by atoms with van der Waals surface area (Å²) in [5.74, 6) is -0.151. The fourth-order valence-electron chi connectivity index (χ4n) is 3.55. The third-order valence-electron chi connectivity index (χ3n) is 4.97. The monoisotopic (exact) mass is 445 g/mol. The molecule has 1 aliphatic rings. The van der Waals surface area contributed by atoms with Gasteiger partial charge in [0.05, 0.1) is 11.6 Å². The lowest BCUT2D eigenvalue weighted by atomic mass is 9.88. The van der Waals surface area contributed by atoms with Crippen LogP contribution in [0.25, 0.3) is 10.8 Å². The Bertz CT molecular complexity index is 1070. The number of carbonyl (C=O) groups is 1. The highest BCUT2D eigenvalue weighted by atomic mass is 79.9. The van der Waals surface area contributed by atoms with Crippen LogP contribution in [-0.2, 0) is 4.79 Å². The smallest absolute Gasteiger partial charge is 0.255 e. The number of H-pyrrole nitrogens is 1. The highest BCUT2D eigenvalue weighted by Gasteiger charge is 2.34. The van der Waals surface area contributed by atoms with Crippen LogP contribution >= 0.6 is 27.5 Å². The first-order valence-electron chi connectivity index (χ1n) is 8.61. The third-order valence-corrected chi connectivity index (χ3v) is 5.88. The summed E-state index contributed by atoms with van der Waals surface area (Å²) in [6, 6.07) is 13.0. The minimum absolute atomic E-state index is 0.0511. The number of nitrogens with one attached hydrogen (secondary N) is 3. The summed E-state index contributed by atoms with van der Waals surface area (Å²) in [6.07, 6.45) is 1.60. The van der Waals surface area contributed by atoms with Crippen molar-refractivity contribution < 1.29 is 4.79 Å². The van der Waals surface area contributed by atoms with E-state index < -0.39 is 0 Å². The molecule has 0 radical (unpaired) electrons. The van der Waals surface area contributed by atoms with Gasteiger partial charge in [0.2, 0.25) is 5.91 Å². The number of fused-ring (bicyclic) bond motifs is 1. The van der Waals surface area contributed by atoms with Crippen LogP contribution < -0.4 is 16.2 Å². The van der Waals surface area contributed by atoms with E-state index in [0.29, 0.717) is 27.1 Å². The molecule has 0 bridgehead atoms. The lowest BCUT2D eigenvalue weighted by Crippen LogP contribution is -2.28. The van der Waals surface area contributed by atoms with Crippen molar-refractivity contribution in [3.63, 3.8) is 0 Å². The molecule has 27 heavy (non-hydrogen) atoms. The van der Waals surface area contributed by atoms with Gasteiger partial charge < -0.3 is 15.6 Å². The number of aromatic nitrogens is 1. The maximum Gasteiger partial charge on any atom is 0.255 e. The second-order valence-corrected chi connectivity index (χ2v) is 7.93. The van der Waals surface area contributed by atoms with E-state index >= 15 is 0 Å². The summed E-state index contributed by atoms with van der Waals surface area (Å²) >= 11 is 9.44. The van der Waals surface area contributed by atoms with Gasteiger partial charge in [-0.15, -0.1) is 0 Å². The summed E-state index contributed by atoms with van der Waals surface area (Å²) in [5, 5.41) is 8.34. The summed E-state index contributed by atoms with van der Waals surface area (Å²) in [5.41, 5.74) is 1.59. The van der Waals surface area contributed by atoms with Gasteiger partial charge in [0, 0.05) is 40.1 Å². The number of hydrogen-bond acceptors (Lipinski definition) is 3. The minimum Gasteiger partial charge on any atom is -0.329 e. The zero-order chi connectivity index (χ0) is 19.0. The highest BCUT2D eigenvalue weighted by Crippen LogP contribution is 2.32. The molecule has 7 heteroatoms. The fraction of sp³-hybridized carbons (Fsp3) is 0.200. The number of hydrogen-bond donors (Lipinski definition) is 3. The molecule has 1 saturated heterocycles. The molecule has 4 rings (SSSR count). The molecular weight excluding hydrogens is 430 g/mol. The maximum atomic E-state index is 13.0. The van der Waals surface area contributed by atoms with E-state index in [2.05, 4.69) is 31.5 Å². The molecule has 2 unspecified atom stereocenters. The topological polar surface area (TPSA) is 74.0 Å². The van der Waals surface area contributed by atoms with Crippen molar-refractivity contribution in [3.05, 3.63) is 74.1 Å². The molecule has 0 aliphatic carbocycles. The second kappa shape index (κ2) is 7.46. The van der Waals surface area contributed by atoms with Crippen LogP contribution in [0.4, 0.5) is 5.69 Å². The van der Waals surface area contributed by atoms with Crippen molar-refractivity contribution in [2.24, 2.45) is 5.92 Å². The average Bonchev–Trinajstić information content (AvgIpc) is 3.14. The molecule has 3 aromatic rings. The molecule has 1 aliphatic heterocycles. The number of amides is 1. The van der Waals surface area contributed by atoms with Gasteiger partial charge in [0.1, 0.15) is 0 Å². The average molecular weight is 447 g/mol. The van der Waals surface area contributed by atoms with Crippen molar-refractivity contribution in [1.29, 1.82) is 0 Å². The standard InChI is InChI=1S/C20H17BrClN3O2/c21-17-8-14-12(5-6-24-19(14)26)7-18(17)25-20(27)16-10-23-9-15(16)11-1-3-13(22)4-2-11/h1-8,15-16,23H,9-10H2,(H,24,26)(H,25,27). The van der Waals surface area contributed by atoms with Gasteiger partial charge in [-0.3, -0.25) is 9.59 Å². The van der Waals surface area contributed by atoms with Crippen LogP contribution in [0, 0.1) is 5.92 Å². The van der Waals surface area contributed by atoms with Crippen LogP contribution in [0.3, 0.4) is 0 Å². The van der Waals surface area contributed by atoms with Gasteiger partial charge in [-0.2, -0.15) is 0 Å². The normalized spacial score (nSPS) is 19.3. The van der Waals surface area contributed by atoms with Gasteiger partial charge in [-0.25, -0.2) is 0 Å². The van der Waals surface area contributed by atoms with Crippen LogP contribution in [-0.4, -0.2) is 24.0 Å². The van der Waals surface area contributed by atoms with Crippen molar-refractivity contribution in [2.75, 3.05) is 18.4 Å². The zero-order valence-corrected chi connectivity index (χ0v) is 16.6. The van der Waals surface area contributed by atoms with Crippen molar-refractivity contribution in [2.45, 2.75) is 5.92 Å². The van der Waals surface area contributed by atoms with E-state index in [0.717, 1.165) is 17.5 Å². The van der Waals surface area contributed by atoms with Crippen LogP contribution in [0.15, 0.2) is 57.9 Å². The molecule has 2 heterocycles. The molecule has 138 valence electrons. The molecule has 3 N–H and O–H groups in total. The number of rotatable bonds is 3. The Morgan fingerprint density at radius 1 is 1.15 bits per heavy atom. The summed E-state index contributed by atoms with van der Waals surface area (Å²) < 4.78 is 0.675. The van der Waals surface area contributed by atoms with E-state index in [1.807, 2.05) is 36.4 Å². The SMILES string of the molecule is O=C(Nc1cc2cc[nH]c(=O)c2cc1Br)C1CNCC1c1ccc(Cl)cc1. The third kappa shape index (κ3) is 3.65. The first-order chi connectivity index (χ1) is 13.0. The van der Waals surface area contributed by atoms with E-state index in [4.69, 9.17) is 11.6 Å². The molecule has 2 aromatic carbocycles. The van der Waals surface area contributed by atoms with Crippen LogP contribution in [0.5, 0.6) is 0 Å². The Labute approximate surface area is 169 Å². The van der Waals surface area contributed by atoms with E-state index in [9.17, 15) is 9.59 Å². The Balaban J connectivity index is 1.60. The Morgan fingerprint density at radius 3 is 2.70 bits per heavy atom. The molecule has 1 fully saturated rings. The van der Waals surface area contributed by atoms with Crippen LogP contribution in [0.1, 0.15) is 11.5 Å². The van der Waals surface area contributed by atoms with E-state index in [1.165, 1.54) is 0 Å². The number of carbonyl (C=O) groups excluding carboxylic acids is 1. The molecule has 2 atom stereocenters. The van der Waals surface area contributed by atoms with Crippen molar-refractivity contribution >= 4 is 49.9 Å². The lowest BCUT2D eigenvalue weighted by molar-refractivity contribution is -0.119. The Morgan fingerprint density at radius 2 is 1.93 bits per heavy atom. The minimum atomic E-state index is -0.187. The first-order valence-corrected chi connectivity index (χ1v) is 9.78. The molecular formula is C20H17BrClN3O2. The first kappa shape index (κ1) is 18.2. The number of benzene rings is 2. The predicted octanol–water partition coefficient (Wildman–Crippen LogP) is 3.89. The number of pyridine rings is 1. The Kier molecular flexibility index (Phi) is 5.04. The quantitative estimate of drug-likeness (QED) is 0.571. The number of halogens is 2. The van der Waals surface area contributed by atoms with Gasteiger partial charge in [-0.05, 0) is 57.2 Å². The largest absolute Gasteiger partial charge is 0.329 e. The second-order valence-electron chi connectivity index (χ2n) is 6.64. The molecule has 1 aromatic heterocycles. The zero-order valence-electron chi connectivity index (χ0n) is 14.3. The summed E-state index contributed by atoms with van der Waals surface area (Å²) in [6.45, 7) is 1.36. The molecule has 1 amide bonds. The Hall–Kier alpha value is -2.15. The highest BCUT2D eigenvalue weighted by molar-refractivity contribution is 9.10. The number of aromatic amines is 1. The van der Waals surface area contributed by atoms with Crippen molar-refractivity contribution in [1.82, 2.24) is 10.3 Å². The number of anilines is 1. The fourth-order valence-corrected chi connectivity index (χ4v) is 4.11. The molecule has 0 saturated carbocycles. The van der Waals surface area contributed by atoms with Crippen molar-refractivity contribution in [3.8, 4) is 0 Å². The van der Waals surface area contributed by atoms with E-state index in [-0.39, 0.29) is 23.3 Å². The summed E-state index contributed by atoms with van der Waals surface area (Å²) in [7, 11) is 0.